The Hall–Kier alpha value is -3.05. The number of rotatable bonds is 3. The van der Waals surface area contributed by atoms with Gasteiger partial charge in [-0.3, -0.25) is 9.52 Å². The second-order valence-electron chi connectivity index (χ2n) is 5.42. The number of benzene rings is 2. The summed E-state index contributed by atoms with van der Waals surface area (Å²) in [5, 5.41) is 9.09. The van der Waals surface area contributed by atoms with E-state index >= 15 is 0 Å². The first kappa shape index (κ1) is 16.8. The van der Waals surface area contributed by atoms with E-state index in [1.165, 1.54) is 25.1 Å². The van der Waals surface area contributed by atoms with Gasteiger partial charge >= 0.3 is 0 Å². The minimum Gasteiger partial charge on any atom is -0.489 e. The number of carbonyl (C=O) groups is 1. The molecule has 1 amide bonds. The number of anilines is 2. The van der Waals surface area contributed by atoms with Gasteiger partial charge in [0.1, 0.15) is 23.3 Å². The van der Waals surface area contributed by atoms with Crippen LogP contribution in [0.2, 0.25) is 0 Å². The lowest BCUT2D eigenvalue weighted by Crippen LogP contribution is -2.36. The first-order valence-corrected chi connectivity index (χ1v) is 8.97. The molecule has 2 aromatic carbocycles. The molecule has 0 unspecified atom stereocenters. The maximum Gasteiger partial charge on any atom is 0.263 e. The Balaban J connectivity index is 1.94. The zero-order chi connectivity index (χ0) is 18.0. The number of nitrogens with zero attached hydrogens (tertiary/aromatic N) is 2. The molecule has 0 spiro atoms. The number of hydrogen-bond acceptors (Lipinski definition) is 5. The van der Waals surface area contributed by atoms with Crippen LogP contribution in [0.4, 0.5) is 11.4 Å². The van der Waals surface area contributed by atoms with Gasteiger partial charge in [0.25, 0.3) is 10.0 Å². The fourth-order valence-corrected chi connectivity index (χ4v) is 3.82. The second kappa shape index (κ2) is 6.45. The number of fused-ring (bicyclic) bond motifs is 1. The quantitative estimate of drug-likeness (QED) is 0.907. The molecule has 25 heavy (non-hydrogen) atoms. The normalized spacial score (nSPS) is 13.4. The van der Waals surface area contributed by atoms with Crippen LogP contribution in [0, 0.1) is 11.3 Å². The van der Waals surface area contributed by atoms with Gasteiger partial charge in [-0.2, -0.15) is 5.26 Å². The Morgan fingerprint density at radius 2 is 2.04 bits per heavy atom. The average Bonchev–Trinajstić information content (AvgIpc) is 2.60. The summed E-state index contributed by atoms with van der Waals surface area (Å²) in [6.45, 7) is 2.24. The fraction of sp³-hybridized carbons (Fsp3) is 0.176. The molecule has 0 aromatic heterocycles. The highest BCUT2D eigenvalue weighted by atomic mass is 32.2. The van der Waals surface area contributed by atoms with E-state index in [1.807, 2.05) is 6.07 Å². The van der Waals surface area contributed by atoms with E-state index in [1.54, 1.807) is 29.2 Å². The van der Waals surface area contributed by atoms with E-state index in [0.717, 1.165) is 0 Å². The second-order valence-corrected chi connectivity index (χ2v) is 7.07. The Morgan fingerprint density at radius 3 is 2.76 bits per heavy atom. The lowest BCUT2D eigenvalue weighted by atomic mass is 10.2. The third-order valence-corrected chi connectivity index (χ3v) is 5.19. The van der Waals surface area contributed by atoms with Crippen LogP contribution in [-0.4, -0.2) is 27.5 Å². The van der Waals surface area contributed by atoms with Crippen molar-refractivity contribution in [3.63, 3.8) is 0 Å². The average molecular weight is 357 g/mol. The Bertz CT molecular complexity index is 980. The van der Waals surface area contributed by atoms with Gasteiger partial charge in [0, 0.05) is 13.0 Å². The van der Waals surface area contributed by atoms with E-state index in [-0.39, 0.29) is 22.1 Å². The summed E-state index contributed by atoms with van der Waals surface area (Å²) >= 11 is 0. The molecular weight excluding hydrogens is 342 g/mol. The number of hydrogen-bond donors (Lipinski definition) is 1. The van der Waals surface area contributed by atoms with E-state index < -0.39 is 10.0 Å². The first-order chi connectivity index (χ1) is 11.9. The van der Waals surface area contributed by atoms with Crippen LogP contribution >= 0.6 is 0 Å². The Labute approximate surface area is 145 Å². The molecule has 0 saturated heterocycles. The van der Waals surface area contributed by atoms with Gasteiger partial charge in [0.15, 0.2) is 0 Å². The Morgan fingerprint density at radius 1 is 1.28 bits per heavy atom. The van der Waals surface area contributed by atoms with E-state index in [9.17, 15) is 13.2 Å². The molecule has 1 aliphatic rings. The van der Waals surface area contributed by atoms with Crippen LogP contribution in [0.15, 0.2) is 47.4 Å². The lowest BCUT2D eigenvalue weighted by Gasteiger charge is -2.29. The minimum absolute atomic E-state index is 0.0620. The zero-order valence-electron chi connectivity index (χ0n) is 13.4. The van der Waals surface area contributed by atoms with Gasteiger partial charge in [-0.25, -0.2) is 8.42 Å². The van der Waals surface area contributed by atoms with Gasteiger partial charge < -0.3 is 9.64 Å². The van der Waals surface area contributed by atoms with Gasteiger partial charge in [0.2, 0.25) is 5.91 Å². The van der Waals surface area contributed by atoms with Crippen molar-refractivity contribution in [2.45, 2.75) is 11.8 Å². The molecule has 128 valence electrons. The Kier molecular flexibility index (Phi) is 4.33. The highest BCUT2D eigenvalue weighted by molar-refractivity contribution is 7.92. The zero-order valence-corrected chi connectivity index (χ0v) is 14.2. The van der Waals surface area contributed by atoms with Crippen molar-refractivity contribution in [1.29, 1.82) is 5.26 Å². The van der Waals surface area contributed by atoms with E-state index in [2.05, 4.69) is 4.72 Å². The van der Waals surface area contributed by atoms with Crippen molar-refractivity contribution in [1.82, 2.24) is 0 Å². The molecule has 0 radical (unpaired) electrons. The van der Waals surface area contributed by atoms with Crippen molar-refractivity contribution in [3.8, 4) is 11.8 Å². The fourth-order valence-electron chi connectivity index (χ4n) is 2.61. The first-order valence-electron chi connectivity index (χ1n) is 7.49. The van der Waals surface area contributed by atoms with Gasteiger partial charge in [-0.05, 0) is 24.3 Å². The highest BCUT2D eigenvalue weighted by Gasteiger charge is 2.23. The molecule has 1 N–H and O–H groups in total. The lowest BCUT2D eigenvalue weighted by molar-refractivity contribution is -0.116. The summed E-state index contributed by atoms with van der Waals surface area (Å²) in [5.74, 6) is 0.316. The molecule has 0 aliphatic carbocycles. The van der Waals surface area contributed by atoms with Gasteiger partial charge in [-0.1, -0.05) is 12.1 Å². The largest absolute Gasteiger partial charge is 0.489 e. The molecule has 2 aromatic rings. The summed E-state index contributed by atoms with van der Waals surface area (Å²) in [7, 11) is -3.92. The van der Waals surface area contributed by atoms with Crippen LogP contribution < -0.4 is 14.4 Å². The number of sulfonamides is 1. The standard InChI is InChI=1S/C17H15N3O4S/c1-12(21)20-8-9-24-16-10-14(6-7-15(16)20)19-25(22,23)17-5-3-2-4-13(17)11-18/h2-7,10,19H,8-9H2,1H3. The molecule has 0 atom stereocenters. The van der Waals surface area contributed by atoms with Crippen LogP contribution in [0.1, 0.15) is 12.5 Å². The predicted molar refractivity (Wildman–Crippen MR) is 91.9 cm³/mol. The molecule has 0 bridgehead atoms. The monoisotopic (exact) mass is 357 g/mol. The van der Waals surface area contributed by atoms with Gasteiger partial charge in [-0.15, -0.1) is 0 Å². The number of carbonyl (C=O) groups excluding carboxylic acids is 1. The molecule has 0 saturated carbocycles. The maximum atomic E-state index is 12.6. The summed E-state index contributed by atoms with van der Waals surface area (Å²) in [5.41, 5.74) is 0.947. The molecule has 1 heterocycles. The highest BCUT2D eigenvalue weighted by Crippen LogP contribution is 2.34. The molecule has 8 heteroatoms. The number of ether oxygens (including phenoxy) is 1. The number of nitriles is 1. The predicted octanol–water partition coefficient (Wildman–Crippen LogP) is 2.10. The molecular formula is C17H15N3O4S. The molecule has 3 rings (SSSR count). The summed E-state index contributed by atoms with van der Waals surface area (Å²) in [6.07, 6.45) is 0. The molecule has 0 fully saturated rings. The van der Waals surface area contributed by atoms with Crippen LogP contribution in [0.25, 0.3) is 0 Å². The topological polar surface area (TPSA) is 99.5 Å². The smallest absolute Gasteiger partial charge is 0.263 e. The number of amides is 1. The minimum atomic E-state index is -3.92. The summed E-state index contributed by atoms with van der Waals surface area (Å²) < 4.78 is 33.1. The van der Waals surface area contributed by atoms with Crippen LogP contribution in [0.5, 0.6) is 5.75 Å². The summed E-state index contributed by atoms with van der Waals surface area (Å²) in [6, 6.07) is 12.5. The van der Waals surface area contributed by atoms with Gasteiger partial charge in [0.05, 0.1) is 23.5 Å². The van der Waals surface area contributed by atoms with Crippen LogP contribution in [-0.2, 0) is 14.8 Å². The van der Waals surface area contributed by atoms with Crippen molar-refractivity contribution in [3.05, 3.63) is 48.0 Å². The maximum absolute atomic E-state index is 12.6. The van der Waals surface area contributed by atoms with Crippen molar-refractivity contribution < 1.29 is 17.9 Å². The van der Waals surface area contributed by atoms with Crippen molar-refractivity contribution >= 4 is 27.3 Å². The van der Waals surface area contributed by atoms with Crippen molar-refractivity contribution in [2.75, 3.05) is 22.8 Å². The molecule has 7 nitrogen and oxygen atoms in total. The van der Waals surface area contributed by atoms with E-state index in [0.29, 0.717) is 24.6 Å². The third kappa shape index (κ3) is 3.27. The molecule has 1 aliphatic heterocycles. The SMILES string of the molecule is CC(=O)N1CCOc2cc(NS(=O)(=O)c3ccccc3C#N)ccc21. The van der Waals surface area contributed by atoms with E-state index in [4.69, 9.17) is 10.00 Å². The third-order valence-electron chi connectivity index (χ3n) is 3.75. The van der Waals surface area contributed by atoms with Crippen molar-refractivity contribution in [2.24, 2.45) is 0 Å². The summed E-state index contributed by atoms with van der Waals surface area (Å²) in [4.78, 5) is 13.1. The van der Waals surface area contributed by atoms with Crippen LogP contribution in [0.3, 0.4) is 0 Å². The number of nitrogens with one attached hydrogen (secondary N) is 1.